The molecule has 1 aromatic carbocycles. The number of aromatic nitrogens is 1. The number of amides is 1. The van der Waals surface area contributed by atoms with Crippen molar-refractivity contribution < 1.29 is 13.9 Å². The number of nitrogens with one attached hydrogen (secondary N) is 1. The van der Waals surface area contributed by atoms with Crippen molar-refractivity contribution in [1.29, 1.82) is 0 Å². The summed E-state index contributed by atoms with van der Waals surface area (Å²) in [5, 5.41) is 4.80. The third-order valence-corrected chi connectivity index (χ3v) is 4.25. The first-order valence-corrected chi connectivity index (χ1v) is 8.55. The lowest BCUT2D eigenvalue weighted by Crippen LogP contribution is -2.29. The molecule has 2 aromatic heterocycles. The summed E-state index contributed by atoms with van der Waals surface area (Å²) in [7, 11) is 0. The molecule has 3 rings (SSSR count). The average molecular weight is 342 g/mol. The molecule has 0 saturated carbocycles. The van der Waals surface area contributed by atoms with Crippen molar-refractivity contribution in [3.8, 4) is 16.5 Å². The van der Waals surface area contributed by atoms with Crippen molar-refractivity contribution in [1.82, 2.24) is 10.3 Å². The molecular weight excluding hydrogens is 324 g/mol. The first-order valence-electron chi connectivity index (χ1n) is 7.67. The molecule has 0 fully saturated rings. The van der Waals surface area contributed by atoms with Crippen LogP contribution in [0.3, 0.4) is 0 Å². The second-order valence-corrected chi connectivity index (χ2v) is 6.14. The fourth-order valence-corrected chi connectivity index (χ4v) is 2.84. The molecule has 1 amide bonds. The Morgan fingerprint density at radius 1 is 1.25 bits per heavy atom. The predicted octanol–water partition coefficient (Wildman–Crippen LogP) is 3.45. The van der Waals surface area contributed by atoms with Crippen molar-refractivity contribution in [2.75, 3.05) is 13.2 Å². The van der Waals surface area contributed by atoms with Gasteiger partial charge < -0.3 is 14.5 Å². The number of benzene rings is 1. The van der Waals surface area contributed by atoms with Gasteiger partial charge in [-0.05, 0) is 30.5 Å². The normalized spacial score (nSPS) is 10.5. The van der Waals surface area contributed by atoms with Crippen molar-refractivity contribution in [3.63, 3.8) is 0 Å². The molecule has 1 N–H and O–H groups in total. The highest BCUT2D eigenvalue weighted by Gasteiger charge is 2.15. The standard InChI is InChI=1S/C18H18N2O3S/c1-13-15(20-18(23-13)16-8-5-11-24-16)12-17(21)19-9-10-22-14-6-3-2-4-7-14/h2-8,11H,9-10,12H2,1H3,(H,19,21). The fraction of sp³-hybridized carbons (Fsp3) is 0.222. The van der Waals surface area contributed by atoms with E-state index in [1.807, 2.05) is 54.8 Å². The van der Waals surface area contributed by atoms with Gasteiger partial charge in [-0.15, -0.1) is 11.3 Å². The topological polar surface area (TPSA) is 64.4 Å². The van der Waals surface area contributed by atoms with Gasteiger partial charge in [0.25, 0.3) is 0 Å². The molecule has 0 unspecified atom stereocenters. The largest absolute Gasteiger partial charge is 0.492 e. The van der Waals surface area contributed by atoms with Crippen LogP contribution in [0.25, 0.3) is 10.8 Å². The molecule has 0 radical (unpaired) electrons. The molecule has 0 aliphatic rings. The minimum atomic E-state index is -0.0965. The number of carbonyl (C=O) groups is 1. The maximum atomic E-state index is 12.0. The molecule has 3 aromatic rings. The zero-order valence-corrected chi connectivity index (χ0v) is 14.1. The molecule has 0 aliphatic carbocycles. The van der Waals surface area contributed by atoms with E-state index in [-0.39, 0.29) is 12.3 Å². The minimum Gasteiger partial charge on any atom is -0.492 e. The van der Waals surface area contributed by atoms with Crippen LogP contribution in [0, 0.1) is 6.92 Å². The molecule has 0 bridgehead atoms. The number of hydrogen-bond acceptors (Lipinski definition) is 5. The van der Waals surface area contributed by atoms with Gasteiger partial charge in [-0.1, -0.05) is 24.3 Å². The second kappa shape index (κ2) is 7.79. The maximum absolute atomic E-state index is 12.0. The Balaban J connectivity index is 1.47. The summed E-state index contributed by atoms with van der Waals surface area (Å²) in [6, 6.07) is 13.4. The highest BCUT2D eigenvalue weighted by Crippen LogP contribution is 2.25. The van der Waals surface area contributed by atoms with Gasteiger partial charge >= 0.3 is 0 Å². The number of hydrogen-bond donors (Lipinski definition) is 1. The van der Waals surface area contributed by atoms with Gasteiger partial charge in [0.15, 0.2) is 0 Å². The van der Waals surface area contributed by atoms with Crippen molar-refractivity contribution >= 4 is 17.2 Å². The number of nitrogens with zero attached hydrogens (tertiary/aromatic N) is 1. The van der Waals surface area contributed by atoms with E-state index in [0.29, 0.717) is 30.5 Å². The number of rotatable bonds is 7. The molecule has 0 saturated heterocycles. The monoisotopic (exact) mass is 342 g/mol. The van der Waals surface area contributed by atoms with Gasteiger partial charge in [-0.3, -0.25) is 4.79 Å². The number of aryl methyl sites for hydroxylation is 1. The van der Waals surface area contributed by atoms with Crippen molar-refractivity contribution in [3.05, 3.63) is 59.3 Å². The van der Waals surface area contributed by atoms with E-state index in [4.69, 9.17) is 9.15 Å². The van der Waals surface area contributed by atoms with Crippen molar-refractivity contribution in [2.24, 2.45) is 0 Å². The fourth-order valence-electron chi connectivity index (χ4n) is 2.19. The third kappa shape index (κ3) is 4.23. The molecule has 6 heteroatoms. The Morgan fingerprint density at radius 2 is 2.08 bits per heavy atom. The van der Waals surface area contributed by atoms with E-state index in [9.17, 15) is 4.79 Å². The van der Waals surface area contributed by atoms with Gasteiger partial charge in [0.1, 0.15) is 18.1 Å². The van der Waals surface area contributed by atoms with E-state index in [0.717, 1.165) is 10.6 Å². The van der Waals surface area contributed by atoms with E-state index >= 15 is 0 Å². The summed E-state index contributed by atoms with van der Waals surface area (Å²) in [6.45, 7) is 2.70. The van der Waals surface area contributed by atoms with Crippen LogP contribution in [0.4, 0.5) is 0 Å². The Kier molecular flexibility index (Phi) is 5.28. The SMILES string of the molecule is Cc1oc(-c2cccs2)nc1CC(=O)NCCOc1ccccc1. The van der Waals surface area contributed by atoms with Crippen LogP contribution in [0.15, 0.2) is 52.3 Å². The minimum absolute atomic E-state index is 0.0965. The highest BCUT2D eigenvalue weighted by molar-refractivity contribution is 7.13. The first kappa shape index (κ1) is 16.3. The van der Waals surface area contributed by atoms with E-state index in [2.05, 4.69) is 10.3 Å². The summed E-state index contributed by atoms with van der Waals surface area (Å²) >= 11 is 1.56. The zero-order chi connectivity index (χ0) is 16.8. The van der Waals surface area contributed by atoms with Crippen LogP contribution in [-0.4, -0.2) is 24.0 Å². The number of oxazole rings is 1. The average Bonchev–Trinajstić information content (AvgIpc) is 3.23. The second-order valence-electron chi connectivity index (χ2n) is 5.19. The Labute approximate surface area is 144 Å². The molecule has 0 spiro atoms. The number of thiophene rings is 1. The number of para-hydroxylation sites is 1. The lowest BCUT2D eigenvalue weighted by molar-refractivity contribution is -0.120. The molecule has 5 nitrogen and oxygen atoms in total. The summed E-state index contributed by atoms with van der Waals surface area (Å²) in [5.41, 5.74) is 0.667. The van der Waals surface area contributed by atoms with Crippen LogP contribution in [0.1, 0.15) is 11.5 Å². The molecule has 124 valence electrons. The Morgan fingerprint density at radius 3 is 2.83 bits per heavy atom. The summed E-state index contributed by atoms with van der Waals surface area (Å²) < 4.78 is 11.2. The third-order valence-electron chi connectivity index (χ3n) is 3.39. The van der Waals surface area contributed by atoms with Crippen LogP contribution >= 0.6 is 11.3 Å². The predicted molar refractivity (Wildman–Crippen MR) is 93.2 cm³/mol. The first-order chi connectivity index (χ1) is 11.7. The van der Waals surface area contributed by atoms with Gasteiger partial charge in [0.05, 0.1) is 23.5 Å². The quantitative estimate of drug-likeness (QED) is 0.668. The highest BCUT2D eigenvalue weighted by atomic mass is 32.1. The maximum Gasteiger partial charge on any atom is 0.236 e. The number of ether oxygens (including phenoxy) is 1. The van der Waals surface area contributed by atoms with Crippen molar-refractivity contribution in [2.45, 2.75) is 13.3 Å². The van der Waals surface area contributed by atoms with E-state index < -0.39 is 0 Å². The molecule has 0 atom stereocenters. The van der Waals surface area contributed by atoms with Crippen LogP contribution in [0.5, 0.6) is 5.75 Å². The van der Waals surface area contributed by atoms with Gasteiger partial charge in [-0.2, -0.15) is 0 Å². The van der Waals surface area contributed by atoms with Crippen LogP contribution in [-0.2, 0) is 11.2 Å². The van der Waals surface area contributed by atoms with Gasteiger partial charge in [-0.25, -0.2) is 4.98 Å². The summed E-state index contributed by atoms with van der Waals surface area (Å²) in [5.74, 6) is 1.94. The number of carbonyl (C=O) groups excluding carboxylic acids is 1. The molecular formula is C18H18N2O3S. The smallest absolute Gasteiger partial charge is 0.236 e. The summed E-state index contributed by atoms with van der Waals surface area (Å²) in [6.07, 6.45) is 0.200. The molecule has 0 aliphatic heterocycles. The Bertz CT molecular complexity index is 782. The van der Waals surface area contributed by atoms with Crippen LogP contribution < -0.4 is 10.1 Å². The molecule has 24 heavy (non-hydrogen) atoms. The lowest BCUT2D eigenvalue weighted by atomic mass is 10.2. The van der Waals surface area contributed by atoms with Gasteiger partial charge in [0.2, 0.25) is 11.8 Å². The van der Waals surface area contributed by atoms with E-state index in [1.54, 1.807) is 11.3 Å². The Hall–Kier alpha value is -2.60. The summed E-state index contributed by atoms with van der Waals surface area (Å²) in [4.78, 5) is 17.4. The molecule has 2 heterocycles. The zero-order valence-electron chi connectivity index (χ0n) is 13.3. The lowest BCUT2D eigenvalue weighted by Gasteiger charge is -2.07. The van der Waals surface area contributed by atoms with Crippen LogP contribution in [0.2, 0.25) is 0 Å². The van der Waals surface area contributed by atoms with E-state index in [1.165, 1.54) is 0 Å². The van der Waals surface area contributed by atoms with Gasteiger partial charge in [0, 0.05) is 0 Å².